The van der Waals surface area contributed by atoms with Gasteiger partial charge in [-0.05, 0) is 41.3 Å². The summed E-state index contributed by atoms with van der Waals surface area (Å²) >= 11 is 3.44. The van der Waals surface area contributed by atoms with Crippen molar-refractivity contribution in [3.8, 4) is 0 Å². The third kappa shape index (κ3) is 3.57. The SMILES string of the molecule is NCC(NC(=O)c1ccc2cnccc2c1)c1cccc(Br)c1. The van der Waals surface area contributed by atoms with Gasteiger partial charge in [0.05, 0.1) is 6.04 Å². The lowest BCUT2D eigenvalue weighted by Gasteiger charge is -2.18. The molecule has 116 valence electrons. The van der Waals surface area contributed by atoms with E-state index in [4.69, 9.17) is 5.73 Å². The fourth-order valence-corrected chi connectivity index (χ4v) is 2.88. The average molecular weight is 370 g/mol. The van der Waals surface area contributed by atoms with E-state index in [2.05, 4.69) is 26.2 Å². The van der Waals surface area contributed by atoms with E-state index >= 15 is 0 Å². The van der Waals surface area contributed by atoms with Crippen LogP contribution < -0.4 is 11.1 Å². The van der Waals surface area contributed by atoms with Gasteiger partial charge >= 0.3 is 0 Å². The zero-order valence-corrected chi connectivity index (χ0v) is 14.0. The summed E-state index contributed by atoms with van der Waals surface area (Å²) in [5.41, 5.74) is 7.41. The molecule has 3 N–H and O–H groups in total. The molecule has 3 aromatic rings. The Morgan fingerprint density at radius 1 is 1.17 bits per heavy atom. The molecule has 0 fully saturated rings. The third-order valence-corrected chi connectivity index (χ3v) is 4.19. The van der Waals surface area contributed by atoms with Crippen molar-refractivity contribution in [2.75, 3.05) is 6.54 Å². The first-order chi connectivity index (χ1) is 11.2. The lowest BCUT2D eigenvalue weighted by molar-refractivity contribution is 0.0938. The van der Waals surface area contributed by atoms with Crippen LogP contribution in [0.15, 0.2) is 65.4 Å². The van der Waals surface area contributed by atoms with Gasteiger partial charge < -0.3 is 11.1 Å². The molecule has 0 bridgehead atoms. The number of nitrogens with two attached hydrogens (primary N) is 1. The summed E-state index contributed by atoms with van der Waals surface area (Å²) in [6, 6.07) is 15.0. The summed E-state index contributed by atoms with van der Waals surface area (Å²) < 4.78 is 0.959. The van der Waals surface area contributed by atoms with E-state index in [1.807, 2.05) is 42.5 Å². The number of nitrogens with one attached hydrogen (secondary N) is 1. The number of hydrogen-bond acceptors (Lipinski definition) is 3. The van der Waals surface area contributed by atoms with Crippen LogP contribution in [-0.2, 0) is 0 Å². The van der Waals surface area contributed by atoms with E-state index < -0.39 is 0 Å². The molecule has 1 aromatic heterocycles. The molecule has 1 amide bonds. The first-order valence-electron chi connectivity index (χ1n) is 7.27. The van der Waals surface area contributed by atoms with Gasteiger partial charge in [0.25, 0.3) is 5.91 Å². The van der Waals surface area contributed by atoms with Crippen LogP contribution in [-0.4, -0.2) is 17.4 Å². The normalized spacial score (nSPS) is 12.1. The lowest BCUT2D eigenvalue weighted by Crippen LogP contribution is -2.33. The van der Waals surface area contributed by atoms with E-state index in [0.29, 0.717) is 12.1 Å². The van der Waals surface area contributed by atoms with Gasteiger partial charge in [-0.3, -0.25) is 9.78 Å². The zero-order valence-electron chi connectivity index (χ0n) is 12.4. The Balaban J connectivity index is 1.83. The van der Waals surface area contributed by atoms with Gasteiger partial charge in [0.1, 0.15) is 0 Å². The highest BCUT2D eigenvalue weighted by atomic mass is 79.9. The van der Waals surface area contributed by atoms with Gasteiger partial charge in [-0.2, -0.15) is 0 Å². The van der Waals surface area contributed by atoms with E-state index in [1.165, 1.54) is 0 Å². The fourth-order valence-electron chi connectivity index (χ4n) is 2.47. The van der Waals surface area contributed by atoms with Gasteiger partial charge in [0, 0.05) is 34.4 Å². The van der Waals surface area contributed by atoms with Crippen molar-refractivity contribution < 1.29 is 4.79 Å². The van der Waals surface area contributed by atoms with Crippen LogP contribution >= 0.6 is 15.9 Å². The van der Waals surface area contributed by atoms with Crippen LogP contribution in [0.5, 0.6) is 0 Å². The minimum absolute atomic E-state index is 0.140. The second-order valence-corrected chi connectivity index (χ2v) is 6.17. The Morgan fingerprint density at radius 3 is 2.83 bits per heavy atom. The van der Waals surface area contributed by atoms with E-state index in [9.17, 15) is 4.79 Å². The van der Waals surface area contributed by atoms with Crippen LogP contribution in [0, 0.1) is 0 Å². The van der Waals surface area contributed by atoms with Crippen LogP contribution in [0.25, 0.3) is 10.8 Å². The van der Waals surface area contributed by atoms with Gasteiger partial charge in [-0.25, -0.2) is 0 Å². The predicted molar refractivity (Wildman–Crippen MR) is 95.1 cm³/mol. The van der Waals surface area contributed by atoms with Crippen molar-refractivity contribution in [2.45, 2.75) is 6.04 Å². The molecule has 0 spiro atoms. The van der Waals surface area contributed by atoms with Crippen LogP contribution in [0.1, 0.15) is 22.0 Å². The van der Waals surface area contributed by atoms with Crippen LogP contribution in [0.3, 0.4) is 0 Å². The standard InChI is InChI=1S/C18H16BrN3O/c19-16-3-1-2-13(9-16)17(10-20)22-18(23)14-4-5-15-11-21-7-6-12(15)8-14/h1-9,11,17H,10,20H2,(H,22,23). The van der Waals surface area contributed by atoms with E-state index in [1.54, 1.807) is 18.5 Å². The van der Waals surface area contributed by atoms with Gasteiger partial charge in [-0.15, -0.1) is 0 Å². The lowest BCUT2D eigenvalue weighted by atomic mass is 10.1. The number of hydrogen-bond donors (Lipinski definition) is 2. The van der Waals surface area contributed by atoms with Crippen LogP contribution in [0.4, 0.5) is 0 Å². The maximum atomic E-state index is 12.5. The smallest absolute Gasteiger partial charge is 0.251 e. The second-order valence-electron chi connectivity index (χ2n) is 5.25. The summed E-state index contributed by atoms with van der Waals surface area (Å²) in [6.45, 7) is 0.333. The molecular formula is C18H16BrN3O. The molecule has 4 nitrogen and oxygen atoms in total. The van der Waals surface area contributed by atoms with Gasteiger partial charge in [0.2, 0.25) is 0 Å². The molecule has 0 aliphatic carbocycles. The Kier molecular flexibility index (Phi) is 4.69. The number of aromatic nitrogens is 1. The molecule has 0 radical (unpaired) electrons. The molecular weight excluding hydrogens is 354 g/mol. The monoisotopic (exact) mass is 369 g/mol. The Hall–Kier alpha value is -2.24. The minimum atomic E-state index is -0.229. The summed E-state index contributed by atoms with van der Waals surface area (Å²) in [6.07, 6.45) is 3.50. The highest BCUT2D eigenvalue weighted by Crippen LogP contribution is 2.19. The molecule has 2 aromatic carbocycles. The van der Waals surface area contributed by atoms with Crippen molar-refractivity contribution in [1.82, 2.24) is 10.3 Å². The molecule has 23 heavy (non-hydrogen) atoms. The summed E-state index contributed by atoms with van der Waals surface area (Å²) in [5, 5.41) is 4.98. The number of nitrogens with zero attached hydrogens (tertiary/aromatic N) is 1. The number of amides is 1. The predicted octanol–water partition coefficient (Wildman–Crippen LogP) is 3.43. The van der Waals surface area contributed by atoms with Crippen molar-refractivity contribution in [2.24, 2.45) is 5.73 Å². The summed E-state index contributed by atoms with van der Waals surface area (Å²) in [5.74, 6) is -0.140. The zero-order chi connectivity index (χ0) is 16.2. The van der Waals surface area contributed by atoms with E-state index in [0.717, 1.165) is 20.8 Å². The Morgan fingerprint density at radius 2 is 2.04 bits per heavy atom. The van der Waals surface area contributed by atoms with Crippen molar-refractivity contribution in [3.63, 3.8) is 0 Å². The maximum absolute atomic E-state index is 12.5. The Bertz CT molecular complexity index is 850. The first-order valence-corrected chi connectivity index (χ1v) is 8.07. The van der Waals surface area contributed by atoms with Crippen LogP contribution in [0.2, 0.25) is 0 Å². The van der Waals surface area contributed by atoms with Gasteiger partial charge in [0.15, 0.2) is 0 Å². The molecule has 0 saturated carbocycles. The van der Waals surface area contributed by atoms with Crippen molar-refractivity contribution in [3.05, 3.63) is 76.5 Å². The number of rotatable bonds is 4. The largest absolute Gasteiger partial charge is 0.344 e. The number of carbonyl (C=O) groups excluding carboxylic acids is 1. The summed E-state index contributed by atoms with van der Waals surface area (Å²) in [7, 11) is 0. The third-order valence-electron chi connectivity index (χ3n) is 3.69. The molecule has 0 saturated heterocycles. The number of halogens is 1. The molecule has 1 atom stereocenters. The molecule has 3 rings (SSSR count). The number of fused-ring (bicyclic) bond motifs is 1. The molecule has 0 aliphatic rings. The Labute approximate surface area is 142 Å². The molecule has 1 heterocycles. The molecule has 0 aliphatic heterocycles. The highest BCUT2D eigenvalue weighted by Gasteiger charge is 2.15. The average Bonchev–Trinajstić information content (AvgIpc) is 2.59. The number of carbonyl (C=O) groups is 1. The second kappa shape index (κ2) is 6.89. The fraction of sp³-hybridized carbons (Fsp3) is 0.111. The van der Waals surface area contributed by atoms with Crippen molar-refractivity contribution in [1.29, 1.82) is 0 Å². The minimum Gasteiger partial charge on any atom is -0.344 e. The van der Waals surface area contributed by atoms with Gasteiger partial charge in [-0.1, -0.05) is 34.1 Å². The van der Waals surface area contributed by atoms with E-state index in [-0.39, 0.29) is 11.9 Å². The topological polar surface area (TPSA) is 68.0 Å². The number of benzene rings is 2. The molecule has 5 heteroatoms. The van der Waals surface area contributed by atoms with Crippen molar-refractivity contribution >= 4 is 32.6 Å². The molecule has 1 unspecified atom stereocenters. The highest BCUT2D eigenvalue weighted by molar-refractivity contribution is 9.10. The quantitative estimate of drug-likeness (QED) is 0.740. The summed E-state index contributed by atoms with van der Waals surface area (Å²) in [4.78, 5) is 16.6. The maximum Gasteiger partial charge on any atom is 0.251 e. The first kappa shape index (κ1) is 15.6. The number of pyridine rings is 1.